The molecule has 0 aliphatic heterocycles. The van der Waals surface area contributed by atoms with E-state index in [1.54, 1.807) is 25.1 Å². The number of fused-ring (bicyclic) bond motifs is 1. The lowest BCUT2D eigenvalue weighted by molar-refractivity contribution is -0.274. The summed E-state index contributed by atoms with van der Waals surface area (Å²) in [6.45, 7) is 1.58. The van der Waals surface area contributed by atoms with Gasteiger partial charge in [-0.2, -0.15) is 0 Å². The van der Waals surface area contributed by atoms with Gasteiger partial charge in [0.25, 0.3) is 0 Å². The highest BCUT2D eigenvalue weighted by Crippen LogP contribution is 2.30. The van der Waals surface area contributed by atoms with Crippen LogP contribution in [-0.2, 0) is 0 Å². The normalized spacial score (nSPS) is 13.0. The van der Waals surface area contributed by atoms with E-state index in [1.807, 2.05) is 0 Å². The number of aromatic amines is 1. The van der Waals surface area contributed by atoms with Crippen LogP contribution in [0.5, 0.6) is 17.2 Å². The van der Waals surface area contributed by atoms with E-state index in [-0.39, 0.29) is 11.5 Å². The van der Waals surface area contributed by atoms with E-state index in [0.717, 1.165) is 6.07 Å². The summed E-state index contributed by atoms with van der Waals surface area (Å²) in [4.78, 5) is 7.16. The maximum Gasteiger partial charge on any atom is 0.573 e. The zero-order chi connectivity index (χ0) is 17.3. The van der Waals surface area contributed by atoms with Crippen LogP contribution in [0.2, 0.25) is 0 Å². The second-order valence-corrected chi connectivity index (χ2v) is 5.10. The van der Waals surface area contributed by atoms with Gasteiger partial charge in [0.1, 0.15) is 29.2 Å². The van der Waals surface area contributed by atoms with E-state index in [1.165, 1.54) is 18.2 Å². The van der Waals surface area contributed by atoms with Crippen molar-refractivity contribution >= 4 is 11.0 Å². The molecule has 1 atom stereocenters. The van der Waals surface area contributed by atoms with Gasteiger partial charge in [0, 0.05) is 12.1 Å². The first-order valence-corrected chi connectivity index (χ1v) is 7.01. The minimum atomic E-state index is -4.76. The van der Waals surface area contributed by atoms with E-state index in [2.05, 4.69) is 14.7 Å². The molecule has 24 heavy (non-hydrogen) atoms. The summed E-state index contributed by atoms with van der Waals surface area (Å²) >= 11 is 0. The van der Waals surface area contributed by atoms with Crippen LogP contribution in [0, 0.1) is 0 Å². The lowest BCUT2D eigenvalue weighted by Gasteiger charge is -2.10. The van der Waals surface area contributed by atoms with Gasteiger partial charge < -0.3 is 19.6 Å². The van der Waals surface area contributed by atoms with Gasteiger partial charge in [-0.3, -0.25) is 0 Å². The number of aliphatic hydroxyl groups excluding tert-OH is 1. The number of imidazole rings is 1. The molecule has 1 heterocycles. The van der Waals surface area contributed by atoms with Gasteiger partial charge in [0.2, 0.25) is 0 Å². The molecule has 0 aliphatic rings. The third-order valence-corrected chi connectivity index (χ3v) is 3.14. The molecule has 0 radical (unpaired) electrons. The van der Waals surface area contributed by atoms with Crippen LogP contribution in [0.4, 0.5) is 13.2 Å². The largest absolute Gasteiger partial charge is 0.573 e. The number of halogens is 3. The Balaban J connectivity index is 1.83. The molecular weight excluding hydrogens is 325 g/mol. The molecule has 3 aromatic rings. The fourth-order valence-corrected chi connectivity index (χ4v) is 2.14. The molecule has 2 N–H and O–H groups in total. The maximum atomic E-state index is 12.2. The Labute approximate surface area is 134 Å². The molecule has 0 aliphatic carbocycles. The van der Waals surface area contributed by atoms with Gasteiger partial charge in [-0.05, 0) is 31.2 Å². The molecule has 1 aromatic heterocycles. The number of ether oxygens (including phenoxy) is 2. The van der Waals surface area contributed by atoms with Gasteiger partial charge in [-0.25, -0.2) is 4.98 Å². The predicted molar refractivity (Wildman–Crippen MR) is 79.9 cm³/mol. The van der Waals surface area contributed by atoms with Crippen LogP contribution < -0.4 is 9.47 Å². The van der Waals surface area contributed by atoms with E-state index in [9.17, 15) is 18.3 Å². The molecule has 0 bridgehead atoms. The molecule has 2 aromatic carbocycles. The summed E-state index contributed by atoms with van der Waals surface area (Å²) < 4.78 is 46.2. The number of aliphatic hydroxyl groups is 1. The van der Waals surface area contributed by atoms with Crippen molar-refractivity contribution in [2.45, 2.75) is 19.4 Å². The van der Waals surface area contributed by atoms with Gasteiger partial charge in [-0.1, -0.05) is 6.07 Å². The van der Waals surface area contributed by atoms with E-state index >= 15 is 0 Å². The minimum Gasteiger partial charge on any atom is -0.457 e. The molecule has 0 saturated heterocycles. The maximum absolute atomic E-state index is 12.2. The van der Waals surface area contributed by atoms with E-state index < -0.39 is 12.5 Å². The number of rotatable bonds is 4. The highest BCUT2D eigenvalue weighted by Gasteiger charge is 2.31. The van der Waals surface area contributed by atoms with Gasteiger partial charge in [-0.15, -0.1) is 13.2 Å². The van der Waals surface area contributed by atoms with Crippen molar-refractivity contribution in [2.24, 2.45) is 0 Å². The number of hydrogen-bond donors (Lipinski definition) is 2. The summed E-state index contributed by atoms with van der Waals surface area (Å²) in [6, 6.07) is 10.2. The predicted octanol–water partition coefficient (Wildman–Crippen LogP) is 4.31. The Bertz CT molecular complexity index is 859. The van der Waals surface area contributed by atoms with Crippen LogP contribution in [0.25, 0.3) is 11.0 Å². The molecule has 0 fully saturated rings. The molecule has 0 saturated carbocycles. The van der Waals surface area contributed by atoms with E-state index in [0.29, 0.717) is 22.6 Å². The van der Waals surface area contributed by atoms with Crippen LogP contribution >= 0.6 is 0 Å². The van der Waals surface area contributed by atoms with Crippen molar-refractivity contribution < 1.29 is 27.8 Å². The second kappa shape index (κ2) is 6.04. The molecule has 0 spiro atoms. The number of hydrogen-bond acceptors (Lipinski definition) is 4. The highest BCUT2D eigenvalue weighted by molar-refractivity contribution is 5.77. The Morgan fingerprint density at radius 1 is 1.08 bits per heavy atom. The first kappa shape index (κ1) is 16.1. The van der Waals surface area contributed by atoms with Crippen LogP contribution in [0.3, 0.4) is 0 Å². The third kappa shape index (κ3) is 3.77. The number of nitrogens with zero attached hydrogens (tertiary/aromatic N) is 1. The minimum absolute atomic E-state index is 0.200. The fraction of sp³-hybridized carbons (Fsp3) is 0.188. The lowest BCUT2D eigenvalue weighted by atomic mass is 10.3. The number of aromatic nitrogens is 2. The topological polar surface area (TPSA) is 67.4 Å². The first-order valence-electron chi connectivity index (χ1n) is 7.01. The molecular formula is C16H13F3N2O3. The fourth-order valence-electron chi connectivity index (χ4n) is 2.14. The summed E-state index contributed by atoms with van der Waals surface area (Å²) in [6.07, 6.45) is -5.50. The number of nitrogens with one attached hydrogen (secondary N) is 1. The molecule has 8 heteroatoms. The Morgan fingerprint density at radius 3 is 2.50 bits per heavy atom. The average Bonchev–Trinajstić information content (AvgIpc) is 2.89. The van der Waals surface area contributed by atoms with Crippen molar-refractivity contribution in [3.8, 4) is 17.2 Å². The quantitative estimate of drug-likeness (QED) is 0.744. The second-order valence-electron chi connectivity index (χ2n) is 5.10. The summed E-state index contributed by atoms with van der Waals surface area (Å²) in [5.41, 5.74) is 1.29. The first-order chi connectivity index (χ1) is 11.3. The van der Waals surface area contributed by atoms with Crippen LogP contribution in [-0.4, -0.2) is 21.4 Å². The number of H-pyrrole nitrogens is 1. The zero-order valence-corrected chi connectivity index (χ0v) is 12.5. The van der Waals surface area contributed by atoms with Gasteiger partial charge >= 0.3 is 6.36 Å². The monoisotopic (exact) mass is 338 g/mol. The van der Waals surface area contributed by atoms with Crippen molar-refractivity contribution in [1.29, 1.82) is 0 Å². The van der Waals surface area contributed by atoms with Gasteiger partial charge in [0.15, 0.2) is 0 Å². The van der Waals surface area contributed by atoms with Crippen molar-refractivity contribution in [3.05, 3.63) is 48.3 Å². The standard InChI is InChI=1S/C16H13F3N2O3/c1-9(22)15-20-13-6-5-11(8-14(13)21-15)23-10-3-2-4-12(7-10)24-16(17,18)19/h2-9,22H,1H3,(H,20,21). The Hall–Kier alpha value is -2.74. The Kier molecular flexibility index (Phi) is 4.06. The highest BCUT2D eigenvalue weighted by atomic mass is 19.4. The average molecular weight is 338 g/mol. The third-order valence-electron chi connectivity index (χ3n) is 3.14. The van der Waals surface area contributed by atoms with Gasteiger partial charge in [0.05, 0.1) is 11.0 Å². The SMILES string of the molecule is CC(O)c1nc2ccc(Oc3cccc(OC(F)(F)F)c3)cc2[nH]1. The smallest absolute Gasteiger partial charge is 0.457 e. The van der Waals surface area contributed by atoms with Crippen LogP contribution in [0.1, 0.15) is 18.9 Å². The van der Waals surface area contributed by atoms with E-state index in [4.69, 9.17) is 4.74 Å². The number of alkyl halides is 3. The molecule has 126 valence electrons. The van der Waals surface area contributed by atoms with Crippen molar-refractivity contribution in [2.75, 3.05) is 0 Å². The molecule has 3 rings (SSSR count). The van der Waals surface area contributed by atoms with Crippen molar-refractivity contribution in [3.63, 3.8) is 0 Å². The zero-order valence-electron chi connectivity index (χ0n) is 12.5. The summed E-state index contributed by atoms with van der Waals surface area (Å²) in [7, 11) is 0. The lowest BCUT2D eigenvalue weighted by Crippen LogP contribution is -2.16. The summed E-state index contributed by atoms with van der Waals surface area (Å²) in [5, 5.41) is 9.52. The van der Waals surface area contributed by atoms with Crippen molar-refractivity contribution in [1.82, 2.24) is 9.97 Å². The molecule has 5 nitrogen and oxygen atoms in total. The molecule has 0 amide bonds. The summed E-state index contributed by atoms with van der Waals surface area (Å²) in [5.74, 6) is 0.667. The Morgan fingerprint density at radius 2 is 1.79 bits per heavy atom. The number of benzene rings is 2. The molecule has 1 unspecified atom stereocenters. The van der Waals surface area contributed by atoms with Crippen LogP contribution in [0.15, 0.2) is 42.5 Å².